The first-order valence-electron chi connectivity index (χ1n) is 9.47. The van der Waals surface area contributed by atoms with Gasteiger partial charge in [-0.1, -0.05) is 18.2 Å². The van der Waals surface area contributed by atoms with Crippen LogP contribution in [0.2, 0.25) is 0 Å². The Hall–Kier alpha value is -2.89. The zero-order valence-corrected chi connectivity index (χ0v) is 15.6. The van der Waals surface area contributed by atoms with Crippen LogP contribution in [0.4, 0.5) is 4.79 Å². The summed E-state index contributed by atoms with van der Waals surface area (Å²) < 4.78 is 0. The van der Waals surface area contributed by atoms with Gasteiger partial charge in [0.2, 0.25) is 0 Å². The Morgan fingerprint density at radius 2 is 2.11 bits per heavy atom. The van der Waals surface area contributed by atoms with Crippen molar-refractivity contribution in [3.05, 3.63) is 65.5 Å². The average Bonchev–Trinajstić information content (AvgIpc) is 2.73. The van der Waals surface area contributed by atoms with E-state index in [1.54, 1.807) is 12.4 Å². The fourth-order valence-corrected chi connectivity index (χ4v) is 3.42. The van der Waals surface area contributed by atoms with E-state index in [2.05, 4.69) is 15.6 Å². The van der Waals surface area contributed by atoms with E-state index >= 15 is 0 Å². The molecular weight excluding hydrogens is 340 g/mol. The molecule has 1 fully saturated rings. The molecule has 2 N–H and O–H groups in total. The Morgan fingerprint density at radius 1 is 1.22 bits per heavy atom. The van der Waals surface area contributed by atoms with Gasteiger partial charge in [-0.15, -0.1) is 0 Å². The molecule has 1 aliphatic heterocycles. The highest BCUT2D eigenvalue weighted by atomic mass is 16.2. The van der Waals surface area contributed by atoms with Crippen LogP contribution >= 0.6 is 0 Å². The normalized spacial score (nSPS) is 16.6. The van der Waals surface area contributed by atoms with Crippen molar-refractivity contribution >= 4 is 11.9 Å². The lowest BCUT2D eigenvalue weighted by Crippen LogP contribution is -2.44. The summed E-state index contributed by atoms with van der Waals surface area (Å²) in [6.45, 7) is 4.48. The molecule has 1 aromatic carbocycles. The molecule has 1 saturated heterocycles. The van der Waals surface area contributed by atoms with Gasteiger partial charge in [0.05, 0.1) is 0 Å². The van der Waals surface area contributed by atoms with Crippen LogP contribution in [0.25, 0.3) is 0 Å². The number of urea groups is 1. The van der Waals surface area contributed by atoms with Crippen LogP contribution in [-0.2, 0) is 6.54 Å². The fourth-order valence-electron chi connectivity index (χ4n) is 3.42. The van der Waals surface area contributed by atoms with Crippen LogP contribution in [0, 0.1) is 0 Å². The zero-order chi connectivity index (χ0) is 19.1. The van der Waals surface area contributed by atoms with E-state index in [0.29, 0.717) is 25.2 Å². The molecule has 3 rings (SSSR count). The minimum atomic E-state index is -0.0999. The lowest BCUT2D eigenvalue weighted by molar-refractivity contribution is 0.0950. The molecule has 142 valence electrons. The van der Waals surface area contributed by atoms with Gasteiger partial charge in [-0.3, -0.25) is 9.78 Å². The number of likely N-dealkylation sites (tertiary alicyclic amines) is 1. The summed E-state index contributed by atoms with van der Waals surface area (Å²) in [5.41, 5.74) is 2.72. The van der Waals surface area contributed by atoms with E-state index in [4.69, 9.17) is 0 Å². The van der Waals surface area contributed by atoms with Crippen molar-refractivity contribution in [2.24, 2.45) is 0 Å². The van der Waals surface area contributed by atoms with Crippen LogP contribution in [0.3, 0.4) is 0 Å². The number of amides is 3. The summed E-state index contributed by atoms with van der Waals surface area (Å²) in [5, 5.41) is 5.80. The largest absolute Gasteiger partial charge is 0.348 e. The van der Waals surface area contributed by atoms with E-state index in [1.807, 2.05) is 48.2 Å². The number of carbonyl (C=O) groups excluding carboxylic acids is 2. The summed E-state index contributed by atoms with van der Waals surface area (Å²) in [7, 11) is 0. The second-order valence-electron chi connectivity index (χ2n) is 6.79. The Kier molecular flexibility index (Phi) is 6.41. The molecule has 2 heterocycles. The zero-order valence-electron chi connectivity index (χ0n) is 15.6. The van der Waals surface area contributed by atoms with E-state index in [0.717, 1.165) is 30.5 Å². The van der Waals surface area contributed by atoms with Crippen LogP contribution in [0.5, 0.6) is 0 Å². The van der Waals surface area contributed by atoms with Crippen molar-refractivity contribution in [3.8, 4) is 0 Å². The highest BCUT2D eigenvalue weighted by molar-refractivity contribution is 5.94. The van der Waals surface area contributed by atoms with Crippen molar-refractivity contribution in [3.63, 3.8) is 0 Å². The third-order valence-corrected chi connectivity index (χ3v) is 4.83. The molecule has 1 atom stereocenters. The Balaban J connectivity index is 1.64. The predicted molar refractivity (Wildman–Crippen MR) is 104 cm³/mol. The standard InChI is InChI=1S/C21H26N4O2/c1-2-23-21(27)25-11-5-9-19(15-25)17-7-3-8-18(12-17)20(26)24-14-16-6-4-10-22-13-16/h3-4,6-8,10,12-13,19H,2,5,9,11,14-15H2,1H3,(H,23,27)(H,24,26)/t19-/m0/s1. The van der Waals surface area contributed by atoms with Crippen molar-refractivity contribution in [2.75, 3.05) is 19.6 Å². The maximum absolute atomic E-state index is 12.5. The topological polar surface area (TPSA) is 74.3 Å². The molecule has 3 amide bonds. The number of benzene rings is 1. The van der Waals surface area contributed by atoms with Gasteiger partial charge in [0.25, 0.3) is 5.91 Å². The predicted octanol–water partition coefficient (Wildman–Crippen LogP) is 2.92. The first-order chi connectivity index (χ1) is 13.2. The smallest absolute Gasteiger partial charge is 0.317 e. The molecule has 0 aliphatic carbocycles. The van der Waals surface area contributed by atoms with Gasteiger partial charge in [-0.05, 0) is 49.1 Å². The molecule has 0 radical (unpaired) electrons. The van der Waals surface area contributed by atoms with E-state index in [9.17, 15) is 9.59 Å². The monoisotopic (exact) mass is 366 g/mol. The average molecular weight is 366 g/mol. The summed E-state index contributed by atoms with van der Waals surface area (Å²) >= 11 is 0. The Morgan fingerprint density at radius 3 is 2.89 bits per heavy atom. The van der Waals surface area contributed by atoms with Gasteiger partial charge in [0.1, 0.15) is 0 Å². The van der Waals surface area contributed by atoms with Crippen LogP contribution in [0.1, 0.15) is 47.2 Å². The van der Waals surface area contributed by atoms with Crippen molar-refractivity contribution < 1.29 is 9.59 Å². The molecule has 0 spiro atoms. The summed E-state index contributed by atoms with van der Waals surface area (Å²) in [6, 6.07) is 11.5. The fraction of sp³-hybridized carbons (Fsp3) is 0.381. The van der Waals surface area contributed by atoms with Crippen LogP contribution < -0.4 is 10.6 Å². The van der Waals surface area contributed by atoms with Gasteiger partial charge in [-0.2, -0.15) is 0 Å². The molecule has 1 aliphatic rings. The van der Waals surface area contributed by atoms with Gasteiger partial charge in [0, 0.05) is 50.1 Å². The minimum Gasteiger partial charge on any atom is -0.348 e. The van der Waals surface area contributed by atoms with Crippen molar-refractivity contribution in [1.82, 2.24) is 20.5 Å². The molecule has 6 nitrogen and oxygen atoms in total. The first kappa shape index (κ1) is 18.9. The number of carbonyl (C=O) groups is 2. The number of piperidine rings is 1. The molecule has 27 heavy (non-hydrogen) atoms. The second-order valence-corrected chi connectivity index (χ2v) is 6.79. The van der Waals surface area contributed by atoms with Gasteiger partial charge >= 0.3 is 6.03 Å². The summed E-state index contributed by atoms with van der Waals surface area (Å²) in [6.07, 6.45) is 5.45. The number of hydrogen-bond acceptors (Lipinski definition) is 3. The molecule has 0 unspecified atom stereocenters. The minimum absolute atomic E-state index is 0.00688. The number of nitrogens with zero attached hydrogens (tertiary/aromatic N) is 2. The maximum Gasteiger partial charge on any atom is 0.317 e. The molecule has 0 saturated carbocycles. The summed E-state index contributed by atoms with van der Waals surface area (Å²) in [4.78, 5) is 30.5. The Labute approximate surface area is 160 Å². The molecule has 2 aromatic rings. The first-order valence-corrected chi connectivity index (χ1v) is 9.47. The van der Waals surface area contributed by atoms with E-state index in [-0.39, 0.29) is 17.9 Å². The molecule has 1 aromatic heterocycles. The highest BCUT2D eigenvalue weighted by Gasteiger charge is 2.24. The van der Waals surface area contributed by atoms with Gasteiger partial charge in [0.15, 0.2) is 0 Å². The number of hydrogen-bond donors (Lipinski definition) is 2. The van der Waals surface area contributed by atoms with Crippen molar-refractivity contribution in [2.45, 2.75) is 32.2 Å². The van der Waals surface area contributed by atoms with Gasteiger partial charge < -0.3 is 15.5 Å². The molecule has 6 heteroatoms. The molecule has 0 bridgehead atoms. The van der Waals surface area contributed by atoms with E-state index < -0.39 is 0 Å². The number of pyridine rings is 1. The number of aromatic nitrogens is 1. The lowest BCUT2D eigenvalue weighted by atomic mass is 9.89. The molecular formula is C21H26N4O2. The third-order valence-electron chi connectivity index (χ3n) is 4.83. The van der Waals surface area contributed by atoms with Crippen LogP contribution in [0.15, 0.2) is 48.8 Å². The lowest BCUT2D eigenvalue weighted by Gasteiger charge is -2.33. The maximum atomic E-state index is 12.5. The van der Waals surface area contributed by atoms with Crippen molar-refractivity contribution in [1.29, 1.82) is 0 Å². The number of nitrogens with one attached hydrogen (secondary N) is 2. The van der Waals surface area contributed by atoms with Gasteiger partial charge in [-0.25, -0.2) is 4.79 Å². The third kappa shape index (κ3) is 5.06. The second kappa shape index (κ2) is 9.16. The van der Waals surface area contributed by atoms with Crippen LogP contribution in [-0.4, -0.2) is 41.5 Å². The number of rotatable bonds is 5. The van der Waals surface area contributed by atoms with E-state index in [1.165, 1.54) is 0 Å². The SMILES string of the molecule is CCNC(=O)N1CCC[C@H](c2cccc(C(=O)NCc3cccnc3)c2)C1. The Bertz CT molecular complexity index is 779. The highest BCUT2D eigenvalue weighted by Crippen LogP contribution is 2.27. The summed E-state index contributed by atoms with van der Waals surface area (Å²) in [5.74, 6) is 0.157. The quantitative estimate of drug-likeness (QED) is 0.854.